The lowest BCUT2D eigenvalue weighted by Gasteiger charge is -2.35. The zero-order valence-corrected chi connectivity index (χ0v) is 15.1. The Morgan fingerprint density at radius 2 is 1.68 bits per heavy atom. The fraction of sp³-hybridized carbons (Fsp3) is 0.381. The Morgan fingerprint density at radius 1 is 1.00 bits per heavy atom. The number of nitrogens with zero attached hydrogens (tertiary/aromatic N) is 2. The number of aryl methyl sites for hydroxylation is 1. The Bertz CT molecular complexity index is 721. The lowest BCUT2D eigenvalue weighted by atomic mass is 10.1. The number of piperazine rings is 1. The molecule has 0 atom stereocenters. The minimum absolute atomic E-state index is 0.146. The predicted octanol–water partition coefficient (Wildman–Crippen LogP) is 3.35. The first-order valence-electron chi connectivity index (χ1n) is 8.97. The summed E-state index contributed by atoms with van der Waals surface area (Å²) in [6, 6.07) is 16.0. The Labute approximate surface area is 150 Å². The molecule has 1 saturated heterocycles. The van der Waals surface area contributed by atoms with E-state index in [9.17, 15) is 4.79 Å². The molecule has 0 unspecified atom stereocenters. The average Bonchev–Trinajstić information content (AvgIpc) is 2.64. The molecular weight excluding hydrogens is 312 g/mol. The zero-order valence-electron chi connectivity index (χ0n) is 15.1. The number of ether oxygens (including phenoxy) is 1. The number of carbonyl (C=O) groups excluding carboxylic acids is 1. The van der Waals surface area contributed by atoms with Crippen LogP contribution in [0.3, 0.4) is 0 Å². The van der Waals surface area contributed by atoms with Crippen LogP contribution in [0.5, 0.6) is 5.75 Å². The van der Waals surface area contributed by atoms with Gasteiger partial charge in [0.15, 0.2) is 0 Å². The minimum atomic E-state index is 0.146. The van der Waals surface area contributed by atoms with Gasteiger partial charge in [-0.05, 0) is 31.5 Å². The van der Waals surface area contributed by atoms with E-state index in [1.54, 1.807) is 0 Å². The van der Waals surface area contributed by atoms with Crippen LogP contribution >= 0.6 is 0 Å². The van der Waals surface area contributed by atoms with E-state index in [1.165, 1.54) is 5.56 Å². The number of para-hydroxylation sites is 1. The van der Waals surface area contributed by atoms with Crippen molar-refractivity contribution in [1.82, 2.24) is 9.80 Å². The van der Waals surface area contributed by atoms with Gasteiger partial charge in [0.1, 0.15) is 5.75 Å². The molecule has 1 amide bonds. The van der Waals surface area contributed by atoms with Crippen LogP contribution in [0.2, 0.25) is 0 Å². The molecule has 0 N–H and O–H groups in total. The summed E-state index contributed by atoms with van der Waals surface area (Å²) >= 11 is 0. The number of hydrogen-bond donors (Lipinski definition) is 0. The van der Waals surface area contributed by atoms with Gasteiger partial charge in [-0.1, -0.05) is 36.4 Å². The first-order chi connectivity index (χ1) is 12.2. The van der Waals surface area contributed by atoms with Crippen LogP contribution in [-0.4, -0.2) is 48.5 Å². The van der Waals surface area contributed by atoms with Crippen LogP contribution < -0.4 is 4.74 Å². The van der Waals surface area contributed by atoms with Gasteiger partial charge < -0.3 is 9.64 Å². The van der Waals surface area contributed by atoms with Crippen LogP contribution in [0, 0.1) is 6.92 Å². The second-order valence-electron chi connectivity index (χ2n) is 6.42. The maximum atomic E-state index is 12.7. The number of carbonyl (C=O) groups is 1. The van der Waals surface area contributed by atoms with Crippen molar-refractivity contribution in [2.45, 2.75) is 20.4 Å². The third kappa shape index (κ3) is 4.20. The van der Waals surface area contributed by atoms with Crippen LogP contribution in [-0.2, 0) is 6.54 Å². The van der Waals surface area contributed by atoms with Gasteiger partial charge in [0.2, 0.25) is 0 Å². The molecule has 0 radical (unpaired) electrons. The maximum Gasteiger partial charge on any atom is 0.254 e. The molecule has 0 spiro atoms. The largest absolute Gasteiger partial charge is 0.494 e. The fourth-order valence-corrected chi connectivity index (χ4v) is 3.26. The molecule has 2 aromatic carbocycles. The molecule has 0 bridgehead atoms. The normalized spacial score (nSPS) is 15.2. The molecule has 132 valence electrons. The maximum absolute atomic E-state index is 12.7. The number of rotatable bonds is 5. The van der Waals surface area contributed by atoms with E-state index in [2.05, 4.69) is 17.0 Å². The van der Waals surface area contributed by atoms with Crippen molar-refractivity contribution in [1.29, 1.82) is 0 Å². The van der Waals surface area contributed by atoms with E-state index >= 15 is 0 Å². The molecule has 0 aliphatic carbocycles. The summed E-state index contributed by atoms with van der Waals surface area (Å²) in [6.07, 6.45) is 0. The first kappa shape index (κ1) is 17.5. The topological polar surface area (TPSA) is 32.8 Å². The summed E-state index contributed by atoms with van der Waals surface area (Å²) in [5, 5.41) is 0. The molecule has 4 heteroatoms. The summed E-state index contributed by atoms with van der Waals surface area (Å²) in [7, 11) is 0. The lowest BCUT2D eigenvalue weighted by Crippen LogP contribution is -2.48. The highest BCUT2D eigenvalue weighted by Gasteiger charge is 2.23. The second-order valence-corrected chi connectivity index (χ2v) is 6.42. The monoisotopic (exact) mass is 338 g/mol. The summed E-state index contributed by atoms with van der Waals surface area (Å²) in [5.74, 6) is 1.11. The first-order valence-corrected chi connectivity index (χ1v) is 8.97. The predicted molar refractivity (Wildman–Crippen MR) is 100.0 cm³/mol. The van der Waals surface area contributed by atoms with Crippen molar-refractivity contribution in [2.75, 3.05) is 32.8 Å². The molecule has 1 heterocycles. The summed E-state index contributed by atoms with van der Waals surface area (Å²) in [6.45, 7) is 8.85. The second kappa shape index (κ2) is 8.17. The molecule has 1 fully saturated rings. The highest BCUT2D eigenvalue weighted by atomic mass is 16.5. The van der Waals surface area contributed by atoms with Gasteiger partial charge in [-0.15, -0.1) is 0 Å². The third-order valence-corrected chi connectivity index (χ3v) is 4.70. The van der Waals surface area contributed by atoms with Gasteiger partial charge in [0, 0.05) is 43.9 Å². The smallest absolute Gasteiger partial charge is 0.254 e. The van der Waals surface area contributed by atoms with Crippen LogP contribution in [0.1, 0.15) is 28.4 Å². The van der Waals surface area contributed by atoms with Gasteiger partial charge >= 0.3 is 0 Å². The number of amides is 1. The molecule has 3 rings (SSSR count). The van der Waals surface area contributed by atoms with Crippen LogP contribution in [0.15, 0.2) is 48.5 Å². The van der Waals surface area contributed by atoms with E-state index in [1.807, 2.05) is 55.1 Å². The van der Waals surface area contributed by atoms with Gasteiger partial charge in [0.25, 0.3) is 5.91 Å². The molecule has 25 heavy (non-hydrogen) atoms. The van der Waals surface area contributed by atoms with Crippen molar-refractivity contribution in [3.8, 4) is 5.75 Å². The average molecular weight is 338 g/mol. The summed E-state index contributed by atoms with van der Waals surface area (Å²) in [4.78, 5) is 17.1. The van der Waals surface area contributed by atoms with Crippen molar-refractivity contribution >= 4 is 5.91 Å². The van der Waals surface area contributed by atoms with E-state index in [-0.39, 0.29) is 5.91 Å². The number of benzene rings is 2. The minimum Gasteiger partial charge on any atom is -0.494 e. The highest BCUT2D eigenvalue weighted by Crippen LogP contribution is 2.21. The Hall–Kier alpha value is -2.33. The summed E-state index contributed by atoms with van der Waals surface area (Å²) in [5.41, 5.74) is 3.07. The quantitative estimate of drug-likeness (QED) is 0.838. The zero-order chi connectivity index (χ0) is 17.6. The molecule has 1 aliphatic rings. The SMILES string of the molecule is CCOc1ccccc1CN1CCN(C(=O)c2ccccc2C)CC1. The van der Waals surface area contributed by atoms with Gasteiger partial charge in [-0.2, -0.15) is 0 Å². The van der Waals surface area contributed by atoms with Gasteiger partial charge in [-0.3, -0.25) is 9.69 Å². The Morgan fingerprint density at radius 3 is 2.40 bits per heavy atom. The molecular formula is C21H26N2O2. The van der Waals surface area contributed by atoms with Crippen molar-refractivity contribution in [3.63, 3.8) is 0 Å². The Balaban J connectivity index is 1.59. The molecule has 0 aromatic heterocycles. The van der Waals surface area contributed by atoms with Crippen molar-refractivity contribution in [2.24, 2.45) is 0 Å². The van der Waals surface area contributed by atoms with Crippen LogP contribution in [0.4, 0.5) is 0 Å². The van der Waals surface area contributed by atoms with E-state index < -0.39 is 0 Å². The molecule has 4 nitrogen and oxygen atoms in total. The van der Waals surface area contributed by atoms with E-state index in [0.29, 0.717) is 6.61 Å². The van der Waals surface area contributed by atoms with Gasteiger partial charge in [0.05, 0.1) is 6.61 Å². The Kier molecular flexibility index (Phi) is 5.71. The van der Waals surface area contributed by atoms with Crippen molar-refractivity contribution < 1.29 is 9.53 Å². The molecule has 0 saturated carbocycles. The molecule has 2 aromatic rings. The van der Waals surface area contributed by atoms with E-state index in [4.69, 9.17) is 4.74 Å². The van der Waals surface area contributed by atoms with Crippen LogP contribution in [0.25, 0.3) is 0 Å². The van der Waals surface area contributed by atoms with E-state index in [0.717, 1.165) is 49.6 Å². The highest BCUT2D eigenvalue weighted by molar-refractivity contribution is 5.95. The number of hydrogen-bond acceptors (Lipinski definition) is 3. The lowest BCUT2D eigenvalue weighted by molar-refractivity contribution is 0.0626. The van der Waals surface area contributed by atoms with Crippen molar-refractivity contribution in [3.05, 3.63) is 65.2 Å². The summed E-state index contributed by atoms with van der Waals surface area (Å²) < 4.78 is 5.72. The standard InChI is InChI=1S/C21H26N2O2/c1-3-25-20-11-7-5-9-18(20)16-22-12-14-23(15-13-22)21(24)19-10-6-4-8-17(19)2/h4-11H,3,12-16H2,1-2H3. The molecule has 1 aliphatic heterocycles. The fourth-order valence-electron chi connectivity index (χ4n) is 3.26. The third-order valence-electron chi connectivity index (χ3n) is 4.70. The van der Waals surface area contributed by atoms with Gasteiger partial charge in [-0.25, -0.2) is 0 Å².